The van der Waals surface area contributed by atoms with Crippen molar-refractivity contribution >= 4 is 11.6 Å². The van der Waals surface area contributed by atoms with E-state index in [1.54, 1.807) is 13.1 Å². The fourth-order valence-electron chi connectivity index (χ4n) is 3.46. The number of halogens is 2. The molecule has 1 heterocycles. The highest BCUT2D eigenvalue weighted by Crippen LogP contribution is 2.25. The molecule has 5 nitrogen and oxygen atoms in total. The molecule has 0 amide bonds. The predicted octanol–water partition coefficient (Wildman–Crippen LogP) is 3.38. The van der Waals surface area contributed by atoms with Crippen molar-refractivity contribution in [2.45, 2.75) is 6.42 Å². The molecule has 2 aromatic carbocycles. The second kappa shape index (κ2) is 10.1. The number of nitrogens with zero attached hydrogens (tertiary/aromatic N) is 3. The molecule has 7 heteroatoms. The highest BCUT2D eigenvalue weighted by Gasteiger charge is 2.24. The Morgan fingerprint density at radius 3 is 2.72 bits per heavy atom. The van der Waals surface area contributed by atoms with E-state index in [-0.39, 0.29) is 0 Å². The summed E-state index contributed by atoms with van der Waals surface area (Å²) in [6, 6.07) is 13.8. The van der Waals surface area contributed by atoms with Crippen LogP contribution in [0.1, 0.15) is 6.42 Å². The molecule has 29 heavy (non-hydrogen) atoms. The quantitative estimate of drug-likeness (QED) is 0.569. The first kappa shape index (κ1) is 20.9. The molecule has 3 rings (SSSR count). The van der Waals surface area contributed by atoms with Gasteiger partial charge in [-0.05, 0) is 36.6 Å². The predicted molar refractivity (Wildman–Crippen MR) is 113 cm³/mol. The van der Waals surface area contributed by atoms with Gasteiger partial charge in [0.25, 0.3) is 0 Å². The lowest BCUT2D eigenvalue weighted by atomic mass is 10.1. The van der Waals surface area contributed by atoms with E-state index < -0.39 is 11.6 Å². The fraction of sp³-hybridized carbons (Fsp3) is 0.409. The van der Waals surface area contributed by atoms with E-state index in [4.69, 9.17) is 4.74 Å². The zero-order valence-corrected chi connectivity index (χ0v) is 16.9. The number of anilines is 1. The van der Waals surface area contributed by atoms with Gasteiger partial charge >= 0.3 is 0 Å². The maximum absolute atomic E-state index is 13.5. The molecular formula is C22H28F2N4O. The van der Waals surface area contributed by atoms with Gasteiger partial charge in [0.2, 0.25) is 0 Å². The molecule has 2 aromatic rings. The van der Waals surface area contributed by atoms with Crippen molar-refractivity contribution in [2.75, 3.05) is 51.8 Å². The Bertz CT molecular complexity index is 816. The molecule has 0 aliphatic carbocycles. The highest BCUT2D eigenvalue weighted by atomic mass is 19.2. The zero-order valence-electron chi connectivity index (χ0n) is 16.9. The van der Waals surface area contributed by atoms with Gasteiger partial charge < -0.3 is 19.9 Å². The number of likely N-dealkylation sites (N-methyl/N-ethyl adjacent to an activating group) is 1. The van der Waals surface area contributed by atoms with Crippen LogP contribution in [0.4, 0.5) is 14.5 Å². The van der Waals surface area contributed by atoms with E-state index in [9.17, 15) is 8.78 Å². The Kier molecular flexibility index (Phi) is 7.27. The number of para-hydroxylation sites is 1. The molecule has 1 aliphatic rings. The first-order valence-electron chi connectivity index (χ1n) is 9.86. The van der Waals surface area contributed by atoms with Crippen molar-refractivity contribution in [2.24, 2.45) is 10.9 Å². The van der Waals surface area contributed by atoms with Crippen LogP contribution in [0.25, 0.3) is 0 Å². The molecule has 156 valence electrons. The number of hydrogen-bond donors (Lipinski definition) is 1. The van der Waals surface area contributed by atoms with E-state index in [1.807, 2.05) is 42.3 Å². The van der Waals surface area contributed by atoms with Gasteiger partial charge in [-0.1, -0.05) is 18.2 Å². The van der Waals surface area contributed by atoms with Crippen LogP contribution >= 0.6 is 0 Å². The van der Waals surface area contributed by atoms with Crippen molar-refractivity contribution in [3.63, 3.8) is 0 Å². The third-order valence-electron chi connectivity index (χ3n) is 5.12. The molecular weight excluding hydrogens is 374 g/mol. The van der Waals surface area contributed by atoms with E-state index in [0.717, 1.165) is 43.5 Å². The lowest BCUT2D eigenvalue weighted by Crippen LogP contribution is -2.43. The van der Waals surface area contributed by atoms with Crippen molar-refractivity contribution in [1.82, 2.24) is 10.2 Å². The Hall–Kier alpha value is -2.83. The molecule has 1 fully saturated rings. The van der Waals surface area contributed by atoms with Gasteiger partial charge in [0.1, 0.15) is 12.4 Å². The summed E-state index contributed by atoms with van der Waals surface area (Å²) in [5, 5.41) is 3.41. The molecule has 1 saturated heterocycles. The van der Waals surface area contributed by atoms with Crippen molar-refractivity contribution in [3.8, 4) is 5.75 Å². The summed E-state index contributed by atoms with van der Waals surface area (Å²) >= 11 is 0. The first-order chi connectivity index (χ1) is 14.1. The summed E-state index contributed by atoms with van der Waals surface area (Å²) in [5.74, 6) is 0.465. The number of ether oxygens (including phenoxy) is 1. The van der Waals surface area contributed by atoms with Gasteiger partial charge in [-0.15, -0.1) is 0 Å². The van der Waals surface area contributed by atoms with Crippen LogP contribution in [0.15, 0.2) is 53.5 Å². The Morgan fingerprint density at radius 1 is 1.21 bits per heavy atom. The zero-order chi connectivity index (χ0) is 20.6. The molecule has 0 saturated carbocycles. The van der Waals surface area contributed by atoms with Gasteiger partial charge in [0, 0.05) is 45.5 Å². The van der Waals surface area contributed by atoms with E-state index in [0.29, 0.717) is 19.1 Å². The molecule has 0 spiro atoms. The number of hydrogen-bond acceptors (Lipinski definition) is 3. The van der Waals surface area contributed by atoms with Gasteiger partial charge in [0.05, 0.1) is 6.54 Å². The molecule has 1 atom stereocenters. The number of guanidine groups is 1. The molecule has 0 aromatic heterocycles. The van der Waals surface area contributed by atoms with Crippen LogP contribution in [0.5, 0.6) is 5.75 Å². The minimum absolute atomic E-state index is 0.411. The van der Waals surface area contributed by atoms with E-state index in [2.05, 4.69) is 15.2 Å². The van der Waals surface area contributed by atoms with Crippen LogP contribution in [-0.4, -0.2) is 57.7 Å². The van der Waals surface area contributed by atoms with Crippen molar-refractivity contribution < 1.29 is 13.5 Å². The molecule has 1 unspecified atom stereocenters. The number of nitrogens with one attached hydrogen (secondary N) is 1. The lowest BCUT2D eigenvalue weighted by molar-refractivity contribution is 0.281. The monoisotopic (exact) mass is 402 g/mol. The summed E-state index contributed by atoms with van der Waals surface area (Å²) < 4.78 is 32.4. The van der Waals surface area contributed by atoms with E-state index >= 15 is 0 Å². The third-order valence-corrected chi connectivity index (χ3v) is 5.12. The Labute approximate surface area is 171 Å². The van der Waals surface area contributed by atoms with Crippen LogP contribution < -0.4 is 15.0 Å². The minimum Gasteiger partial charge on any atom is -0.492 e. The van der Waals surface area contributed by atoms with Gasteiger partial charge in [-0.25, -0.2) is 8.78 Å². The number of benzene rings is 2. The second-order valence-electron chi connectivity index (χ2n) is 7.21. The van der Waals surface area contributed by atoms with Crippen molar-refractivity contribution in [3.05, 3.63) is 60.2 Å². The van der Waals surface area contributed by atoms with Crippen LogP contribution in [-0.2, 0) is 0 Å². The summed E-state index contributed by atoms with van der Waals surface area (Å²) in [6.45, 7) is 3.68. The smallest absolute Gasteiger partial charge is 0.193 e. The average Bonchev–Trinajstić information content (AvgIpc) is 3.20. The summed E-state index contributed by atoms with van der Waals surface area (Å²) in [6.07, 6.45) is 0.990. The van der Waals surface area contributed by atoms with E-state index in [1.165, 1.54) is 12.1 Å². The van der Waals surface area contributed by atoms with Crippen LogP contribution in [0.2, 0.25) is 0 Å². The fourth-order valence-corrected chi connectivity index (χ4v) is 3.46. The van der Waals surface area contributed by atoms with Gasteiger partial charge in [0.15, 0.2) is 17.6 Å². The first-order valence-corrected chi connectivity index (χ1v) is 9.86. The largest absolute Gasteiger partial charge is 0.492 e. The van der Waals surface area contributed by atoms with Gasteiger partial charge in [-0.3, -0.25) is 4.99 Å². The standard InChI is InChI=1S/C22H28F2N4O/c1-25-22(27(2)12-13-29-19-6-4-3-5-7-19)26-15-17-10-11-28(16-17)18-8-9-20(23)21(24)14-18/h3-9,14,17H,10-13,15-16H2,1-2H3,(H,25,26). The van der Waals surface area contributed by atoms with Gasteiger partial charge in [-0.2, -0.15) is 0 Å². The Morgan fingerprint density at radius 2 is 2.00 bits per heavy atom. The molecule has 1 N–H and O–H groups in total. The van der Waals surface area contributed by atoms with Crippen LogP contribution in [0.3, 0.4) is 0 Å². The number of rotatable bonds is 7. The molecule has 0 bridgehead atoms. The topological polar surface area (TPSA) is 40.1 Å². The lowest BCUT2D eigenvalue weighted by Gasteiger charge is -2.24. The molecule has 1 aliphatic heterocycles. The second-order valence-corrected chi connectivity index (χ2v) is 7.21. The van der Waals surface area contributed by atoms with Crippen molar-refractivity contribution in [1.29, 1.82) is 0 Å². The number of aliphatic imine (C=N–C) groups is 1. The van der Waals surface area contributed by atoms with Crippen LogP contribution in [0, 0.1) is 17.6 Å². The highest BCUT2D eigenvalue weighted by molar-refractivity contribution is 5.79. The minimum atomic E-state index is -0.811. The summed E-state index contributed by atoms with van der Waals surface area (Å²) in [5.41, 5.74) is 0.728. The summed E-state index contributed by atoms with van der Waals surface area (Å²) in [4.78, 5) is 8.47. The third kappa shape index (κ3) is 5.82. The maximum Gasteiger partial charge on any atom is 0.193 e. The Balaban J connectivity index is 1.42. The molecule has 0 radical (unpaired) electrons. The maximum atomic E-state index is 13.5. The average molecular weight is 402 g/mol. The normalized spacial score (nSPS) is 16.8. The summed E-state index contributed by atoms with van der Waals surface area (Å²) in [7, 11) is 3.74. The SMILES string of the molecule is CN=C(NCC1CCN(c2ccc(F)c(F)c2)C1)N(C)CCOc1ccccc1.